The van der Waals surface area contributed by atoms with E-state index >= 15 is 0 Å². The lowest BCUT2D eigenvalue weighted by Gasteiger charge is -2.27. The monoisotopic (exact) mass is 276 g/mol. The first-order valence-corrected chi connectivity index (χ1v) is 7.65. The summed E-state index contributed by atoms with van der Waals surface area (Å²) in [4.78, 5) is 14.4. The Bertz CT molecular complexity index is 398. The van der Waals surface area contributed by atoms with E-state index in [0.29, 0.717) is 13.0 Å². The van der Waals surface area contributed by atoms with E-state index in [-0.39, 0.29) is 11.9 Å². The van der Waals surface area contributed by atoms with Crippen molar-refractivity contribution in [2.45, 2.75) is 59.0 Å². The van der Waals surface area contributed by atoms with Gasteiger partial charge in [0.05, 0.1) is 6.42 Å². The summed E-state index contributed by atoms with van der Waals surface area (Å²) in [5, 5.41) is 0. The van der Waals surface area contributed by atoms with Gasteiger partial charge in [0.25, 0.3) is 0 Å². The molecule has 0 aliphatic carbocycles. The van der Waals surface area contributed by atoms with Crippen LogP contribution >= 0.6 is 0 Å². The highest BCUT2D eigenvalue weighted by atomic mass is 16.2. The zero-order chi connectivity index (χ0) is 15.0. The van der Waals surface area contributed by atoms with Crippen LogP contribution in [0.3, 0.4) is 0 Å². The van der Waals surface area contributed by atoms with Crippen LogP contribution in [0, 0.1) is 0 Å². The van der Waals surface area contributed by atoms with Gasteiger partial charge in [-0.25, -0.2) is 0 Å². The van der Waals surface area contributed by atoms with Crippen molar-refractivity contribution in [3.63, 3.8) is 0 Å². The maximum Gasteiger partial charge on any atom is 0.227 e. The molecule has 1 aromatic carbocycles. The van der Waals surface area contributed by atoms with Crippen molar-refractivity contribution >= 4 is 5.91 Å². The predicted octanol–water partition coefficient (Wildman–Crippen LogP) is 3.12. The zero-order valence-corrected chi connectivity index (χ0v) is 13.1. The number of unbranched alkanes of at least 4 members (excludes halogenated alkanes) is 2. The number of benzene rings is 1. The van der Waals surface area contributed by atoms with Crippen LogP contribution in [0.5, 0.6) is 0 Å². The number of nitrogens with zero attached hydrogens (tertiary/aromatic N) is 1. The first-order valence-electron chi connectivity index (χ1n) is 7.65. The molecule has 1 aromatic rings. The molecule has 0 fully saturated rings. The topological polar surface area (TPSA) is 46.3 Å². The van der Waals surface area contributed by atoms with Crippen molar-refractivity contribution < 1.29 is 4.79 Å². The highest BCUT2D eigenvalue weighted by molar-refractivity contribution is 5.79. The van der Waals surface area contributed by atoms with Gasteiger partial charge in [0.15, 0.2) is 0 Å². The molecular formula is C17H28N2O. The summed E-state index contributed by atoms with van der Waals surface area (Å²) >= 11 is 0. The van der Waals surface area contributed by atoms with Gasteiger partial charge >= 0.3 is 0 Å². The molecule has 0 aromatic heterocycles. The Labute approximate surface area is 123 Å². The average Bonchev–Trinajstić information content (AvgIpc) is 2.44. The second-order valence-electron chi connectivity index (χ2n) is 5.59. The predicted molar refractivity (Wildman–Crippen MR) is 84.4 cm³/mol. The lowest BCUT2D eigenvalue weighted by Crippen LogP contribution is -2.38. The molecule has 20 heavy (non-hydrogen) atoms. The summed E-state index contributed by atoms with van der Waals surface area (Å²) in [6, 6.07) is 8.27. The Morgan fingerprint density at radius 2 is 1.75 bits per heavy atom. The second kappa shape index (κ2) is 8.75. The molecule has 0 heterocycles. The Morgan fingerprint density at radius 1 is 1.15 bits per heavy atom. The molecule has 0 bridgehead atoms. The molecule has 1 rings (SSSR count). The van der Waals surface area contributed by atoms with Crippen molar-refractivity contribution in [1.29, 1.82) is 0 Å². The Morgan fingerprint density at radius 3 is 2.25 bits per heavy atom. The van der Waals surface area contributed by atoms with Crippen molar-refractivity contribution in [3.8, 4) is 0 Å². The molecule has 0 unspecified atom stereocenters. The summed E-state index contributed by atoms with van der Waals surface area (Å²) in [5.74, 6) is 0.219. The van der Waals surface area contributed by atoms with Crippen LogP contribution in [0.1, 0.15) is 51.2 Å². The first kappa shape index (κ1) is 16.7. The molecular weight excluding hydrogens is 248 g/mol. The SMILES string of the molecule is CCCCCN(C(=O)Cc1ccc(CN)cc1)C(C)C. The van der Waals surface area contributed by atoms with Crippen LogP contribution < -0.4 is 5.73 Å². The lowest BCUT2D eigenvalue weighted by molar-refractivity contribution is -0.132. The lowest BCUT2D eigenvalue weighted by atomic mass is 10.1. The van der Waals surface area contributed by atoms with Crippen LogP contribution in [0.2, 0.25) is 0 Å². The number of hydrogen-bond donors (Lipinski definition) is 1. The van der Waals surface area contributed by atoms with Crippen molar-refractivity contribution in [1.82, 2.24) is 4.90 Å². The molecule has 0 radical (unpaired) electrons. The Balaban J connectivity index is 2.60. The molecule has 112 valence electrons. The number of carbonyl (C=O) groups excluding carboxylic acids is 1. The summed E-state index contributed by atoms with van der Waals surface area (Å²) in [7, 11) is 0. The van der Waals surface area contributed by atoms with Crippen LogP contribution in [-0.4, -0.2) is 23.4 Å². The highest BCUT2D eigenvalue weighted by Crippen LogP contribution is 2.10. The summed E-state index contributed by atoms with van der Waals surface area (Å²) < 4.78 is 0. The normalized spacial score (nSPS) is 10.8. The molecule has 3 heteroatoms. The van der Waals surface area contributed by atoms with Crippen LogP contribution in [0.15, 0.2) is 24.3 Å². The van der Waals surface area contributed by atoms with Gasteiger partial charge in [-0.3, -0.25) is 4.79 Å². The third-order valence-electron chi connectivity index (χ3n) is 3.56. The number of nitrogens with two attached hydrogens (primary N) is 1. The number of carbonyl (C=O) groups is 1. The minimum absolute atomic E-state index is 0.219. The summed E-state index contributed by atoms with van der Waals surface area (Å²) in [6.45, 7) is 7.76. The van der Waals surface area contributed by atoms with E-state index in [2.05, 4.69) is 20.8 Å². The molecule has 0 spiro atoms. The fourth-order valence-corrected chi connectivity index (χ4v) is 2.27. The highest BCUT2D eigenvalue weighted by Gasteiger charge is 2.16. The molecule has 0 aliphatic rings. The summed E-state index contributed by atoms with van der Waals surface area (Å²) in [5.41, 5.74) is 7.75. The number of amides is 1. The van der Waals surface area contributed by atoms with E-state index in [0.717, 1.165) is 24.1 Å². The van der Waals surface area contributed by atoms with E-state index in [1.165, 1.54) is 12.8 Å². The zero-order valence-electron chi connectivity index (χ0n) is 13.1. The van der Waals surface area contributed by atoms with Crippen LogP contribution in [-0.2, 0) is 17.8 Å². The number of rotatable bonds is 8. The molecule has 0 saturated heterocycles. The maximum atomic E-state index is 12.4. The smallest absolute Gasteiger partial charge is 0.227 e. The quantitative estimate of drug-likeness (QED) is 0.742. The molecule has 0 atom stereocenters. The van der Waals surface area contributed by atoms with E-state index in [1.54, 1.807) is 0 Å². The Kier molecular flexibility index (Phi) is 7.31. The molecule has 0 aliphatic heterocycles. The van der Waals surface area contributed by atoms with Gasteiger partial charge in [0, 0.05) is 19.1 Å². The van der Waals surface area contributed by atoms with E-state index < -0.39 is 0 Å². The molecule has 2 N–H and O–H groups in total. The molecule has 3 nitrogen and oxygen atoms in total. The van der Waals surface area contributed by atoms with E-state index in [1.807, 2.05) is 29.2 Å². The van der Waals surface area contributed by atoms with Gasteiger partial charge in [-0.2, -0.15) is 0 Å². The first-order chi connectivity index (χ1) is 9.58. The van der Waals surface area contributed by atoms with Crippen molar-refractivity contribution in [2.24, 2.45) is 5.73 Å². The maximum absolute atomic E-state index is 12.4. The Hall–Kier alpha value is -1.35. The van der Waals surface area contributed by atoms with E-state index in [4.69, 9.17) is 5.73 Å². The van der Waals surface area contributed by atoms with E-state index in [9.17, 15) is 4.79 Å². The fraction of sp³-hybridized carbons (Fsp3) is 0.588. The standard InChI is InChI=1S/C17H28N2O/c1-4-5-6-11-19(14(2)3)17(20)12-15-7-9-16(13-18)10-8-15/h7-10,14H,4-6,11-13,18H2,1-3H3. The van der Waals surface area contributed by atoms with Gasteiger partial charge in [0.1, 0.15) is 0 Å². The fourth-order valence-electron chi connectivity index (χ4n) is 2.27. The third-order valence-corrected chi connectivity index (χ3v) is 3.56. The van der Waals surface area contributed by atoms with Gasteiger partial charge in [0.2, 0.25) is 5.91 Å². The van der Waals surface area contributed by atoms with Crippen molar-refractivity contribution in [3.05, 3.63) is 35.4 Å². The van der Waals surface area contributed by atoms with Gasteiger partial charge in [-0.05, 0) is 31.4 Å². The minimum Gasteiger partial charge on any atom is -0.340 e. The largest absolute Gasteiger partial charge is 0.340 e. The van der Waals surface area contributed by atoms with Gasteiger partial charge in [-0.1, -0.05) is 44.0 Å². The number of hydrogen-bond acceptors (Lipinski definition) is 2. The van der Waals surface area contributed by atoms with Crippen molar-refractivity contribution in [2.75, 3.05) is 6.54 Å². The van der Waals surface area contributed by atoms with Crippen LogP contribution in [0.25, 0.3) is 0 Å². The molecule has 1 amide bonds. The average molecular weight is 276 g/mol. The summed E-state index contributed by atoms with van der Waals surface area (Å²) in [6.07, 6.45) is 3.93. The van der Waals surface area contributed by atoms with Crippen LogP contribution in [0.4, 0.5) is 0 Å². The van der Waals surface area contributed by atoms with Gasteiger partial charge < -0.3 is 10.6 Å². The third kappa shape index (κ3) is 5.33. The van der Waals surface area contributed by atoms with Gasteiger partial charge in [-0.15, -0.1) is 0 Å². The second-order valence-corrected chi connectivity index (χ2v) is 5.59. The minimum atomic E-state index is 0.219. The molecule has 0 saturated carbocycles.